The molecule has 0 amide bonds. The van der Waals surface area contributed by atoms with E-state index in [1.54, 1.807) is 11.8 Å². The molecule has 0 fully saturated rings. The molecule has 0 aliphatic heterocycles. The minimum Gasteiger partial charge on any atom is -0.130 e. The zero-order chi connectivity index (χ0) is 9.90. The second kappa shape index (κ2) is 4.19. The maximum Gasteiger partial charge on any atom is 0.00693 e. The molecule has 1 heteroatoms. The molecule has 0 bridgehead atoms. The van der Waals surface area contributed by atoms with E-state index in [1.807, 2.05) is 0 Å². The molecule has 0 aromatic heterocycles. The first-order chi connectivity index (χ1) is 6.01. The van der Waals surface area contributed by atoms with Crippen LogP contribution in [-0.2, 0) is 6.42 Å². The van der Waals surface area contributed by atoms with E-state index in [0.717, 1.165) is 6.42 Å². The standard InChI is InChI=1S/C12H18S/c1-12(2,3)9-10-5-7-11(13-4)8-6-10/h5-8H,9H2,1-4H3. The van der Waals surface area contributed by atoms with Crippen LogP contribution in [0.15, 0.2) is 29.2 Å². The Hall–Kier alpha value is -0.430. The summed E-state index contributed by atoms with van der Waals surface area (Å²) in [6.07, 6.45) is 3.26. The van der Waals surface area contributed by atoms with Crippen molar-refractivity contribution in [2.24, 2.45) is 5.41 Å². The van der Waals surface area contributed by atoms with Crippen LogP contribution in [0.25, 0.3) is 0 Å². The highest BCUT2D eigenvalue weighted by atomic mass is 32.2. The molecular weight excluding hydrogens is 176 g/mol. The molecular formula is C12H18S. The molecule has 0 heterocycles. The van der Waals surface area contributed by atoms with Crippen LogP contribution in [0.5, 0.6) is 0 Å². The Balaban J connectivity index is 2.70. The summed E-state index contributed by atoms with van der Waals surface area (Å²) in [4.78, 5) is 1.35. The van der Waals surface area contributed by atoms with E-state index in [4.69, 9.17) is 0 Å². The first-order valence-electron chi connectivity index (χ1n) is 4.64. The third-order valence-corrected chi connectivity index (χ3v) is 2.64. The first kappa shape index (κ1) is 10.6. The van der Waals surface area contributed by atoms with E-state index < -0.39 is 0 Å². The monoisotopic (exact) mass is 194 g/mol. The largest absolute Gasteiger partial charge is 0.130 e. The number of hydrogen-bond acceptors (Lipinski definition) is 1. The van der Waals surface area contributed by atoms with Gasteiger partial charge < -0.3 is 0 Å². The summed E-state index contributed by atoms with van der Waals surface area (Å²) < 4.78 is 0. The summed E-state index contributed by atoms with van der Waals surface area (Å²) >= 11 is 1.80. The van der Waals surface area contributed by atoms with E-state index in [1.165, 1.54) is 10.5 Å². The molecule has 0 nitrogen and oxygen atoms in total. The summed E-state index contributed by atoms with van der Waals surface area (Å²) in [5.41, 5.74) is 1.83. The van der Waals surface area contributed by atoms with Gasteiger partial charge in [-0.3, -0.25) is 0 Å². The van der Waals surface area contributed by atoms with Gasteiger partial charge in [-0.1, -0.05) is 32.9 Å². The van der Waals surface area contributed by atoms with Crippen molar-refractivity contribution in [2.45, 2.75) is 32.1 Å². The lowest BCUT2D eigenvalue weighted by atomic mass is 9.88. The quantitative estimate of drug-likeness (QED) is 0.641. The van der Waals surface area contributed by atoms with Crippen molar-refractivity contribution in [3.8, 4) is 0 Å². The normalized spacial score (nSPS) is 11.7. The van der Waals surface area contributed by atoms with Crippen LogP contribution >= 0.6 is 11.8 Å². The molecule has 0 radical (unpaired) electrons. The molecule has 0 saturated carbocycles. The van der Waals surface area contributed by atoms with Gasteiger partial charge in [-0.05, 0) is 35.8 Å². The van der Waals surface area contributed by atoms with Crippen LogP contribution in [0.4, 0.5) is 0 Å². The fraction of sp³-hybridized carbons (Fsp3) is 0.500. The third-order valence-electron chi connectivity index (χ3n) is 1.89. The molecule has 0 aliphatic carbocycles. The predicted molar refractivity (Wildman–Crippen MR) is 61.4 cm³/mol. The van der Waals surface area contributed by atoms with Crippen LogP contribution < -0.4 is 0 Å². The van der Waals surface area contributed by atoms with E-state index >= 15 is 0 Å². The van der Waals surface area contributed by atoms with Gasteiger partial charge in [0.1, 0.15) is 0 Å². The zero-order valence-electron chi connectivity index (χ0n) is 8.92. The molecule has 0 atom stereocenters. The average molecular weight is 194 g/mol. The highest BCUT2D eigenvalue weighted by molar-refractivity contribution is 7.98. The second-order valence-electron chi connectivity index (χ2n) is 4.59. The van der Waals surface area contributed by atoms with Gasteiger partial charge in [-0.2, -0.15) is 0 Å². The number of benzene rings is 1. The van der Waals surface area contributed by atoms with Crippen molar-refractivity contribution in [2.75, 3.05) is 6.26 Å². The van der Waals surface area contributed by atoms with Crippen LogP contribution in [0.2, 0.25) is 0 Å². The van der Waals surface area contributed by atoms with Crippen LogP contribution in [0.1, 0.15) is 26.3 Å². The summed E-state index contributed by atoms with van der Waals surface area (Å²) in [6, 6.07) is 8.87. The molecule has 0 saturated heterocycles. The lowest BCUT2D eigenvalue weighted by Gasteiger charge is -2.17. The number of thioether (sulfide) groups is 1. The highest BCUT2D eigenvalue weighted by Crippen LogP contribution is 2.22. The molecule has 0 unspecified atom stereocenters. The average Bonchev–Trinajstić information content (AvgIpc) is 2.03. The predicted octanol–water partition coefficient (Wildman–Crippen LogP) is 4.00. The van der Waals surface area contributed by atoms with Crippen LogP contribution in [0.3, 0.4) is 0 Å². The van der Waals surface area contributed by atoms with Crippen molar-refractivity contribution >= 4 is 11.8 Å². The van der Waals surface area contributed by atoms with Crippen molar-refractivity contribution in [3.63, 3.8) is 0 Å². The molecule has 1 aromatic carbocycles. The van der Waals surface area contributed by atoms with Gasteiger partial charge in [0.25, 0.3) is 0 Å². The van der Waals surface area contributed by atoms with Gasteiger partial charge in [0.05, 0.1) is 0 Å². The van der Waals surface area contributed by atoms with Gasteiger partial charge in [0.2, 0.25) is 0 Å². The van der Waals surface area contributed by atoms with Crippen molar-refractivity contribution < 1.29 is 0 Å². The Morgan fingerprint density at radius 3 is 2.00 bits per heavy atom. The molecule has 0 aliphatic rings. The van der Waals surface area contributed by atoms with E-state index in [2.05, 4.69) is 51.3 Å². The number of hydrogen-bond donors (Lipinski definition) is 0. The Labute approximate surface area is 85.7 Å². The van der Waals surface area contributed by atoms with Crippen molar-refractivity contribution in [1.29, 1.82) is 0 Å². The summed E-state index contributed by atoms with van der Waals surface area (Å²) in [7, 11) is 0. The van der Waals surface area contributed by atoms with Crippen LogP contribution in [-0.4, -0.2) is 6.26 Å². The van der Waals surface area contributed by atoms with E-state index in [9.17, 15) is 0 Å². The molecule has 72 valence electrons. The van der Waals surface area contributed by atoms with Gasteiger partial charge in [0.15, 0.2) is 0 Å². The molecule has 1 rings (SSSR count). The van der Waals surface area contributed by atoms with Gasteiger partial charge in [-0.15, -0.1) is 11.8 Å². The van der Waals surface area contributed by atoms with Crippen molar-refractivity contribution in [1.82, 2.24) is 0 Å². The Morgan fingerprint density at radius 2 is 1.62 bits per heavy atom. The SMILES string of the molecule is CSc1ccc(CC(C)(C)C)cc1. The third kappa shape index (κ3) is 3.86. The first-order valence-corrected chi connectivity index (χ1v) is 5.87. The topological polar surface area (TPSA) is 0 Å². The van der Waals surface area contributed by atoms with Crippen LogP contribution in [0, 0.1) is 5.41 Å². The highest BCUT2D eigenvalue weighted by Gasteiger charge is 2.10. The van der Waals surface area contributed by atoms with Crippen molar-refractivity contribution in [3.05, 3.63) is 29.8 Å². The number of rotatable bonds is 2. The zero-order valence-corrected chi connectivity index (χ0v) is 9.74. The lowest BCUT2D eigenvalue weighted by molar-refractivity contribution is 0.411. The molecule has 13 heavy (non-hydrogen) atoms. The van der Waals surface area contributed by atoms with Gasteiger partial charge >= 0.3 is 0 Å². The maximum absolute atomic E-state index is 2.27. The lowest BCUT2D eigenvalue weighted by Crippen LogP contribution is -2.08. The summed E-state index contributed by atoms with van der Waals surface area (Å²) in [6.45, 7) is 6.82. The second-order valence-corrected chi connectivity index (χ2v) is 5.47. The fourth-order valence-corrected chi connectivity index (χ4v) is 1.76. The Morgan fingerprint density at radius 1 is 1.08 bits per heavy atom. The summed E-state index contributed by atoms with van der Waals surface area (Å²) in [5, 5.41) is 0. The van der Waals surface area contributed by atoms with Gasteiger partial charge in [-0.25, -0.2) is 0 Å². The molecule has 1 aromatic rings. The smallest absolute Gasteiger partial charge is 0.00693 e. The minimum absolute atomic E-state index is 0.390. The van der Waals surface area contributed by atoms with E-state index in [0.29, 0.717) is 5.41 Å². The van der Waals surface area contributed by atoms with E-state index in [-0.39, 0.29) is 0 Å². The minimum atomic E-state index is 0.390. The Kier molecular flexibility index (Phi) is 3.43. The van der Waals surface area contributed by atoms with Gasteiger partial charge in [0, 0.05) is 4.90 Å². The molecule has 0 spiro atoms. The fourth-order valence-electron chi connectivity index (χ4n) is 1.36. The molecule has 0 N–H and O–H groups in total. The summed E-state index contributed by atoms with van der Waals surface area (Å²) in [5.74, 6) is 0. The maximum atomic E-state index is 2.27. The Bertz CT molecular complexity index is 253.